The molecule has 1 unspecified atom stereocenters. The predicted octanol–water partition coefficient (Wildman–Crippen LogP) is 5.00. The van der Waals surface area contributed by atoms with E-state index in [-0.39, 0.29) is 0 Å². The molecule has 0 aliphatic rings. The first-order valence-corrected chi connectivity index (χ1v) is 9.15. The van der Waals surface area contributed by atoms with Crippen molar-refractivity contribution in [3.8, 4) is 0 Å². The topological polar surface area (TPSA) is 12.0 Å². The van der Waals surface area contributed by atoms with E-state index in [0.717, 1.165) is 6.54 Å². The van der Waals surface area contributed by atoms with Crippen LogP contribution in [-0.4, -0.2) is 18.6 Å². The number of fused-ring (bicyclic) bond motifs is 1. The van der Waals surface area contributed by atoms with Gasteiger partial charge in [-0.15, -0.1) is 11.3 Å². The van der Waals surface area contributed by atoms with Crippen LogP contribution in [-0.2, 0) is 0 Å². The second kappa shape index (κ2) is 7.32. The van der Waals surface area contributed by atoms with Crippen LogP contribution in [0.3, 0.4) is 0 Å². The van der Waals surface area contributed by atoms with Gasteiger partial charge in [0, 0.05) is 15.6 Å². The van der Waals surface area contributed by atoms with Crippen LogP contribution in [0.2, 0.25) is 0 Å². The van der Waals surface area contributed by atoms with Crippen LogP contribution in [0.15, 0.2) is 24.3 Å². The number of benzene rings is 1. The molecule has 1 N–H and O–H groups in total. The molecule has 0 aliphatic carbocycles. The van der Waals surface area contributed by atoms with E-state index in [9.17, 15) is 0 Å². The third-order valence-electron chi connectivity index (χ3n) is 3.50. The highest BCUT2D eigenvalue weighted by Gasteiger charge is 2.13. The molecule has 0 aliphatic heterocycles. The number of hydrogen-bond acceptors (Lipinski definition) is 3. The highest BCUT2D eigenvalue weighted by Crippen LogP contribution is 2.34. The lowest BCUT2D eigenvalue weighted by molar-refractivity contribution is 0.561. The molecule has 1 aromatic carbocycles. The SMILES string of the molecule is CSCCCCNC(C)c1sc2ccccc2c1C. The van der Waals surface area contributed by atoms with Crippen molar-refractivity contribution in [2.24, 2.45) is 0 Å². The Kier molecular flexibility index (Phi) is 5.74. The Balaban J connectivity index is 1.97. The zero-order chi connectivity index (χ0) is 13.7. The third-order valence-corrected chi connectivity index (χ3v) is 5.65. The predicted molar refractivity (Wildman–Crippen MR) is 90.6 cm³/mol. The summed E-state index contributed by atoms with van der Waals surface area (Å²) < 4.78 is 1.41. The maximum atomic E-state index is 3.66. The van der Waals surface area contributed by atoms with Gasteiger partial charge in [0.2, 0.25) is 0 Å². The third kappa shape index (κ3) is 3.74. The molecule has 2 rings (SSSR count). The molecule has 1 atom stereocenters. The molecule has 19 heavy (non-hydrogen) atoms. The molecule has 2 aromatic rings. The zero-order valence-corrected chi connectivity index (χ0v) is 13.7. The number of rotatable bonds is 7. The van der Waals surface area contributed by atoms with Gasteiger partial charge < -0.3 is 5.32 Å². The quantitative estimate of drug-likeness (QED) is 0.721. The van der Waals surface area contributed by atoms with Crippen LogP contribution in [0, 0.1) is 6.92 Å². The molecular formula is C16H23NS2. The van der Waals surface area contributed by atoms with Gasteiger partial charge in [0.15, 0.2) is 0 Å². The van der Waals surface area contributed by atoms with Crippen LogP contribution >= 0.6 is 23.1 Å². The maximum absolute atomic E-state index is 3.66. The van der Waals surface area contributed by atoms with Gasteiger partial charge in [-0.1, -0.05) is 18.2 Å². The van der Waals surface area contributed by atoms with Gasteiger partial charge in [0.1, 0.15) is 0 Å². The smallest absolute Gasteiger partial charge is 0.0389 e. The molecule has 0 fully saturated rings. The summed E-state index contributed by atoms with van der Waals surface area (Å²) in [5.41, 5.74) is 1.45. The summed E-state index contributed by atoms with van der Waals surface area (Å²) in [5.74, 6) is 1.28. The van der Waals surface area contributed by atoms with Gasteiger partial charge in [0.05, 0.1) is 0 Å². The van der Waals surface area contributed by atoms with Gasteiger partial charge in [-0.25, -0.2) is 0 Å². The minimum atomic E-state index is 0.465. The van der Waals surface area contributed by atoms with Gasteiger partial charge in [-0.2, -0.15) is 11.8 Å². The van der Waals surface area contributed by atoms with Crippen molar-refractivity contribution in [2.45, 2.75) is 32.7 Å². The summed E-state index contributed by atoms with van der Waals surface area (Å²) in [6, 6.07) is 9.18. The summed E-state index contributed by atoms with van der Waals surface area (Å²) in [4.78, 5) is 1.49. The largest absolute Gasteiger partial charge is 0.309 e. The Morgan fingerprint density at radius 3 is 2.79 bits per heavy atom. The molecule has 0 bridgehead atoms. The molecule has 0 saturated carbocycles. The zero-order valence-electron chi connectivity index (χ0n) is 12.0. The maximum Gasteiger partial charge on any atom is 0.0389 e. The number of nitrogens with one attached hydrogen (secondary N) is 1. The van der Waals surface area contributed by atoms with E-state index in [1.807, 2.05) is 23.1 Å². The number of thiophene rings is 1. The summed E-state index contributed by atoms with van der Waals surface area (Å²) in [5, 5.41) is 5.08. The van der Waals surface area contributed by atoms with E-state index in [2.05, 4.69) is 49.7 Å². The average molecular weight is 294 g/mol. The Bertz CT molecular complexity index is 518. The second-order valence-corrected chi connectivity index (χ2v) is 7.03. The Hall–Kier alpha value is -0.510. The van der Waals surface area contributed by atoms with E-state index in [4.69, 9.17) is 0 Å². The van der Waals surface area contributed by atoms with Crippen molar-refractivity contribution < 1.29 is 0 Å². The number of thioether (sulfide) groups is 1. The minimum Gasteiger partial charge on any atom is -0.309 e. The lowest BCUT2D eigenvalue weighted by Gasteiger charge is -2.13. The van der Waals surface area contributed by atoms with Crippen molar-refractivity contribution in [1.82, 2.24) is 5.32 Å². The molecule has 1 heterocycles. The van der Waals surface area contributed by atoms with Gasteiger partial charge in [-0.3, -0.25) is 0 Å². The summed E-state index contributed by atoms with van der Waals surface area (Å²) in [6.07, 6.45) is 4.76. The highest BCUT2D eigenvalue weighted by molar-refractivity contribution is 7.98. The van der Waals surface area contributed by atoms with E-state index < -0.39 is 0 Å². The van der Waals surface area contributed by atoms with Crippen LogP contribution in [0.4, 0.5) is 0 Å². The van der Waals surface area contributed by atoms with Crippen LogP contribution in [0.25, 0.3) is 10.1 Å². The molecule has 104 valence electrons. The average Bonchev–Trinajstić information content (AvgIpc) is 2.76. The first-order chi connectivity index (χ1) is 9.24. The Morgan fingerprint density at radius 2 is 2.05 bits per heavy atom. The van der Waals surface area contributed by atoms with Gasteiger partial charge >= 0.3 is 0 Å². The van der Waals surface area contributed by atoms with E-state index >= 15 is 0 Å². The molecule has 0 amide bonds. The number of unbranched alkanes of at least 4 members (excludes halogenated alkanes) is 1. The molecule has 3 heteroatoms. The summed E-state index contributed by atoms with van der Waals surface area (Å²) in [6.45, 7) is 5.65. The van der Waals surface area contributed by atoms with E-state index in [1.165, 1.54) is 39.1 Å². The molecule has 0 saturated heterocycles. The Morgan fingerprint density at radius 1 is 1.26 bits per heavy atom. The van der Waals surface area contributed by atoms with E-state index in [0.29, 0.717) is 6.04 Å². The number of aryl methyl sites for hydroxylation is 1. The molecular weight excluding hydrogens is 270 g/mol. The second-order valence-electron chi connectivity index (χ2n) is 4.96. The lowest BCUT2D eigenvalue weighted by atomic mass is 10.1. The molecule has 0 radical (unpaired) electrons. The first-order valence-electron chi connectivity index (χ1n) is 6.94. The minimum absolute atomic E-state index is 0.465. The van der Waals surface area contributed by atoms with Gasteiger partial charge in [0.25, 0.3) is 0 Å². The molecule has 1 aromatic heterocycles. The van der Waals surface area contributed by atoms with Crippen LogP contribution in [0.5, 0.6) is 0 Å². The first kappa shape index (κ1) is 14.9. The fourth-order valence-electron chi connectivity index (χ4n) is 2.39. The standard InChI is InChI=1S/C16H23NS2/c1-12-14-8-4-5-9-15(14)19-16(12)13(2)17-10-6-7-11-18-3/h4-5,8-9,13,17H,6-7,10-11H2,1-3H3. The number of hydrogen-bond donors (Lipinski definition) is 1. The molecule has 0 spiro atoms. The summed E-state index contributed by atoms with van der Waals surface area (Å²) >= 11 is 3.87. The van der Waals surface area contributed by atoms with Crippen molar-refractivity contribution in [1.29, 1.82) is 0 Å². The van der Waals surface area contributed by atoms with Crippen molar-refractivity contribution in [2.75, 3.05) is 18.6 Å². The fourth-order valence-corrected chi connectivity index (χ4v) is 4.12. The monoisotopic (exact) mass is 293 g/mol. The fraction of sp³-hybridized carbons (Fsp3) is 0.500. The van der Waals surface area contributed by atoms with Crippen molar-refractivity contribution in [3.63, 3.8) is 0 Å². The van der Waals surface area contributed by atoms with Crippen LogP contribution in [0.1, 0.15) is 36.2 Å². The van der Waals surface area contributed by atoms with Gasteiger partial charge in [-0.05, 0) is 62.3 Å². The van der Waals surface area contributed by atoms with Crippen molar-refractivity contribution >= 4 is 33.2 Å². The normalized spacial score (nSPS) is 13.0. The Labute approximate surface area is 124 Å². The highest BCUT2D eigenvalue weighted by atomic mass is 32.2. The van der Waals surface area contributed by atoms with Crippen LogP contribution < -0.4 is 5.32 Å². The van der Waals surface area contributed by atoms with Crippen molar-refractivity contribution in [3.05, 3.63) is 34.7 Å². The van der Waals surface area contributed by atoms with E-state index in [1.54, 1.807) is 0 Å². The lowest BCUT2D eigenvalue weighted by Crippen LogP contribution is -2.19. The molecule has 1 nitrogen and oxygen atoms in total. The summed E-state index contributed by atoms with van der Waals surface area (Å²) in [7, 11) is 0.